The number of aliphatic hydroxyl groups excluding tert-OH is 1. The first kappa shape index (κ1) is 8.56. The van der Waals surface area contributed by atoms with E-state index in [4.69, 9.17) is 0 Å². The summed E-state index contributed by atoms with van der Waals surface area (Å²) in [6, 6.07) is 9.48. The minimum Gasteiger partial charge on any atom is -0.506 e. The van der Waals surface area contributed by atoms with Gasteiger partial charge in [0.2, 0.25) is 0 Å². The lowest BCUT2D eigenvalue weighted by molar-refractivity contribution is -0.115. The second-order valence-corrected chi connectivity index (χ2v) is 2.99. The van der Waals surface area contributed by atoms with Crippen molar-refractivity contribution in [3.63, 3.8) is 0 Å². The molecule has 1 aromatic rings. The Balaban J connectivity index is 2.29. The zero-order valence-electron chi connectivity index (χ0n) is 7.40. The van der Waals surface area contributed by atoms with Gasteiger partial charge in [-0.1, -0.05) is 30.3 Å². The smallest absolute Gasteiger partial charge is 0.252 e. The largest absolute Gasteiger partial charge is 0.506 e. The fraction of sp³-hybridized carbons (Fsp3) is 0. The van der Waals surface area contributed by atoms with Crippen LogP contribution in [0.3, 0.4) is 0 Å². The molecule has 70 valence electrons. The lowest BCUT2D eigenvalue weighted by atomic mass is 10.2. The maximum atomic E-state index is 10.9. The highest BCUT2D eigenvalue weighted by Crippen LogP contribution is 2.14. The fourth-order valence-electron chi connectivity index (χ4n) is 1.26. The molecule has 0 radical (unpaired) electrons. The van der Waals surface area contributed by atoms with E-state index in [2.05, 4.69) is 5.32 Å². The fourth-order valence-corrected chi connectivity index (χ4v) is 1.26. The van der Waals surface area contributed by atoms with Crippen LogP contribution in [0.4, 0.5) is 0 Å². The Kier molecular flexibility index (Phi) is 2.07. The molecule has 3 nitrogen and oxygen atoms in total. The van der Waals surface area contributed by atoms with Crippen LogP contribution in [0.25, 0.3) is 6.08 Å². The average Bonchev–Trinajstić information content (AvgIpc) is 2.47. The van der Waals surface area contributed by atoms with E-state index in [1.54, 1.807) is 6.08 Å². The predicted octanol–water partition coefficient (Wildman–Crippen LogP) is 1.60. The van der Waals surface area contributed by atoms with Gasteiger partial charge in [-0.15, -0.1) is 0 Å². The molecule has 2 N–H and O–H groups in total. The van der Waals surface area contributed by atoms with Crippen molar-refractivity contribution in [1.29, 1.82) is 0 Å². The van der Waals surface area contributed by atoms with Crippen molar-refractivity contribution in [3.05, 3.63) is 53.4 Å². The summed E-state index contributed by atoms with van der Waals surface area (Å²) in [5.74, 6) is -0.302. The number of carbonyl (C=O) groups is 1. The van der Waals surface area contributed by atoms with Gasteiger partial charge in [-0.05, 0) is 11.6 Å². The van der Waals surface area contributed by atoms with Crippen molar-refractivity contribution in [3.8, 4) is 0 Å². The standard InChI is InChI=1S/C11H9NO2/c13-10-7-11(14)12-9(10)6-8-4-2-1-3-5-8/h1-7,13H,(H,12,14)/b9-6+. The van der Waals surface area contributed by atoms with Gasteiger partial charge in [-0.3, -0.25) is 4.79 Å². The van der Waals surface area contributed by atoms with Crippen molar-refractivity contribution in [2.24, 2.45) is 0 Å². The van der Waals surface area contributed by atoms with Crippen LogP contribution in [-0.4, -0.2) is 11.0 Å². The van der Waals surface area contributed by atoms with Gasteiger partial charge in [-0.25, -0.2) is 0 Å². The van der Waals surface area contributed by atoms with E-state index < -0.39 is 0 Å². The van der Waals surface area contributed by atoms with Gasteiger partial charge in [0.25, 0.3) is 5.91 Å². The number of nitrogens with one attached hydrogen (secondary N) is 1. The SMILES string of the molecule is O=C1C=C(O)/C(=C\c2ccccc2)N1. The van der Waals surface area contributed by atoms with Crippen LogP contribution in [0.2, 0.25) is 0 Å². The second kappa shape index (κ2) is 3.38. The van der Waals surface area contributed by atoms with E-state index in [-0.39, 0.29) is 11.7 Å². The molecule has 0 unspecified atom stereocenters. The molecular formula is C11H9NO2. The van der Waals surface area contributed by atoms with Crippen LogP contribution >= 0.6 is 0 Å². The minimum absolute atomic E-state index is 0.0150. The predicted molar refractivity (Wildman–Crippen MR) is 53.3 cm³/mol. The molecule has 0 saturated carbocycles. The molecule has 1 aliphatic rings. The van der Waals surface area contributed by atoms with Gasteiger partial charge in [0.15, 0.2) is 0 Å². The molecule has 3 heteroatoms. The third kappa shape index (κ3) is 1.66. The van der Waals surface area contributed by atoms with Gasteiger partial charge in [0, 0.05) is 6.08 Å². The van der Waals surface area contributed by atoms with Crippen molar-refractivity contribution >= 4 is 12.0 Å². The van der Waals surface area contributed by atoms with Crippen molar-refractivity contribution in [1.82, 2.24) is 5.32 Å². The monoisotopic (exact) mass is 187 g/mol. The van der Waals surface area contributed by atoms with E-state index in [1.165, 1.54) is 0 Å². The zero-order valence-corrected chi connectivity index (χ0v) is 7.40. The Bertz CT molecular complexity index is 418. The lowest BCUT2D eigenvalue weighted by Gasteiger charge is -1.99. The van der Waals surface area contributed by atoms with E-state index >= 15 is 0 Å². The molecule has 1 amide bonds. The summed E-state index contributed by atoms with van der Waals surface area (Å²) in [6.07, 6.45) is 2.88. The summed E-state index contributed by atoms with van der Waals surface area (Å²) in [5.41, 5.74) is 1.38. The topological polar surface area (TPSA) is 49.3 Å². The molecular weight excluding hydrogens is 178 g/mol. The van der Waals surface area contributed by atoms with Crippen LogP contribution in [0.5, 0.6) is 0 Å². The molecule has 1 aliphatic heterocycles. The number of carbonyl (C=O) groups excluding carboxylic acids is 1. The Hall–Kier alpha value is -2.03. The first-order chi connectivity index (χ1) is 6.75. The molecule has 2 rings (SSSR count). The highest BCUT2D eigenvalue weighted by molar-refractivity contribution is 5.95. The van der Waals surface area contributed by atoms with E-state index in [0.29, 0.717) is 5.70 Å². The number of amides is 1. The number of hydrogen-bond donors (Lipinski definition) is 2. The second-order valence-electron chi connectivity index (χ2n) is 2.99. The first-order valence-electron chi connectivity index (χ1n) is 4.24. The summed E-state index contributed by atoms with van der Waals surface area (Å²) in [5, 5.41) is 11.9. The summed E-state index contributed by atoms with van der Waals surface area (Å²) >= 11 is 0. The molecule has 0 atom stereocenters. The van der Waals surface area contributed by atoms with Gasteiger partial charge in [0.05, 0.1) is 5.70 Å². The minimum atomic E-state index is -0.287. The lowest BCUT2D eigenvalue weighted by Crippen LogP contribution is -2.13. The number of benzene rings is 1. The van der Waals surface area contributed by atoms with Gasteiger partial charge < -0.3 is 10.4 Å². The van der Waals surface area contributed by atoms with E-state index in [0.717, 1.165) is 11.6 Å². The molecule has 0 aliphatic carbocycles. The van der Waals surface area contributed by atoms with Gasteiger partial charge in [0.1, 0.15) is 5.76 Å². The van der Waals surface area contributed by atoms with Crippen molar-refractivity contribution < 1.29 is 9.90 Å². The molecule has 0 fully saturated rings. The first-order valence-corrected chi connectivity index (χ1v) is 4.24. The molecule has 14 heavy (non-hydrogen) atoms. The van der Waals surface area contributed by atoms with Crippen LogP contribution in [0, 0.1) is 0 Å². The molecule has 0 aromatic heterocycles. The Morgan fingerprint density at radius 3 is 2.50 bits per heavy atom. The average molecular weight is 187 g/mol. The summed E-state index contributed by atoms with van der Waals surface area (Å²) in [4.78, 5) is 10.9. The van der Waals surface area contributed by atoms with Gasteiger partial charge in [-0.2, -0.15) is 0 Å². The number of aliphatic hydroxyl groups is 1. The third-order valence-corrected chi connectivity index (χ3v) is 1.91. The number of hydrogen-bond acceptors (Lipinski definition) is 2. The Labute approximate surface area is 81.4 Å². The van der Waals surface area contributed by atoms with Crippen molar-refractivity contribution in [2.45, 2.75) is 0 Å². The third-order valence-electron chi connectivity index (χ3n) is 1.91. The van der Waals surface area contributed by atoms with Gasteiger partial charge >= 0.3 is 0 Å². The van der Waals surface area contributed by atoms with Crippen LogP contribution in [0.1, 0.15) is 5.56 Å². The van der Waals surface area contributed by atoms with Crippen LogP contribution < -0.4 is 5.32 Å². The maximum Gasteiger partial charge on any atom is 0.252 e. The molecule has 1 aromatic carbocycles. The molecule has 1 heterocycles. The van der Waals surface area contributed by atoms with E-state index in [9.17, 15) is 9.90 Å². The highest BCUT2D eigenvalue weighted by atomic mass is 16.3. The van der Waals surface area contributed by atoms with E-state index in [1.807, 2.05) is 30.3 Å². The Morgan fingerprint density at radius 2 is 1.93 bits per heavy atom. The quantitative estimate of drug-likeness (QED) is 0.701. The summed E-state index contributed by atoms with van der Waals surface area (Å²) < 4.78 is 0. The normalized spacial score (nSPS) is 18.1. The summed E-state index contributed by atoms with van der Waals surface area (Å²) in [7, 11) is 0. The maximum absolute atomic E-state index is 10.9. The zero-order chi connectivity index (χ0) is 9.97. The van der Waals surface area contributed by atoms with Crippen LogP contribution in [0.15, 0.2) is 47.9 Å². The molecule has 0 spiro atoms. The number of rotatable bonds is 1. The molecule has 0 saturated heterocycles. The molecule has 0 bridgehead atoms. The highest BCUT2D eigenvalue weighted by Gasteiger charge is 2.15. The van der Waals surface area contributed by atoms with Crippen molar-refractivity contribution in [2.75, 3.05) is 0 Å². The Morgan fingerprint density at radius 1 is 1.21 bits per heavy atom. The van der Waals surface area contributed by atoms with Crippen LogP contribution in [-0.2, 0) is 4.79 Å². The summed E-state index contributed by atoms with van der Waals surface area (Å²) in [6.45, 7) is 0.